The quantitative estimate of drug-likeness (QED) is 0.208. The van der Waals surface area contributed by atoms with Gasteiger partial charge >= 0.3 is 0 Å². The first-order valence-corrected chi connectivity index (χ1v) is 15.5. The van der Waals surface area contributed by atoms with Crippen LogP contribution >= 0.6 is 11.3 Å². The number of fused-ring (bicyclic) bond motifs is 6. The first-order valence-electron chi connectivity index (χ1n) is 14.6. The zero-order valence-electron chi connectivity index (χ0n) is 23.6. The number of hydrogen-bond donors (Lipinski definition) is 0. The molecule has 3 aromatic heterocycles. The van der Waals surface area contributed by atoms with Crippen molar-refractivity contribution < 1.29 is 0 Å². The van der Waals surface area contributed by atoms with E-state index in [1.165, 1.54) is 42.7 Å². The van der Waals surface area contributed by atoms with E-state index in [0.29, 0.717) is 17.5 Å². The van der Waals surface area contributed by atoms with E-state index in [-0.39, 0.29) is 0 Å². The average molecular weight is 581 g/mol. The zero-order valence-corrected chi connectivity index (χ0v) is 24.4. The Bertz CT molecular complexity index is 2420. The minimum absolute atomic E-state index is 0.651. The molecule has 0 saturated carbocycles. The highest BCUT2D eigenvalue weighted by Crippen LogP contribution is 2.40. The van der Waals surface area contributed by atoms with Crippen LogP contribution in [-0.2, 0) is 0 Å². The molecular formula is C39H24N4S. The Balaban J connectivity index is 1.23. The summed E-state index contributed by atoms with van der Waals surface area (Å²) in [6, 6.07) is 48.8. The highest BCUT2D eigenvalue weighted by Gasteiger charge is 2.17. The van der Waals surface area contributed by atoms with Gasteiger partial charge in [0, 0.05) is 37.9 Å². The number of aromatic nitrogens is 4. The summed E-state index contributed by atoms with van der Waals surface area (Å²) in [5.41, 5.74) is 6.36. The fourth-order valence-electron chi connectivity index (χ4n) is 6.22. The van der Waals surface area contributed by atoms with Gasteiger partial charge in [-0.05, 0) is 70.1 Å². The van der Waals surface area contributed by atoms with Crippen molar-refractivity contribution in [3.05, 3.63) is 145 Å². The summed E-state index contributed by atoms with van der Waals surface area (Å²) in [5, 5.41) is 8.52. The molecule has 3 heterocycles. The van der Waals surface area contributed by atoms with Crippen molar-refractivity contribution in [2.75, 3.05) is 0 Å². The number of hydrogen-bond acceptors (Lipinski definition) is 4. The normalized spacial score (nSPS) is 11.6. The lowest BCUT2D eigenvalue weighted by molar-refractivity contribution is 1.07. The van der Waals surface area contributed by atoms with Gasteiger partial charge in [-0.3, -0.25) is 0 Å². The molecule has 0 radical (unpaired) electrons. The van der Waals surface area contributed by atoms with Crippen LogP contribution in [0.2, 0.25) is 0 Å². The molecule has 4 nitrogen and oxygen atoms in total. The molecule has 0 unspecified atom stereocenters. The third-order valence-corrected chi connectivity index (χ3v) is 9.19. The summed E-state index contributed by atoms with van der Waals surface area (Å²) in [6.07, 6.45) is 0. The molecule has 44 heavy (non-hydrogen) atoms. The lowest BCUT2D eigenvalue weighted by Gasteiger charge is -2.11. The minimum atomic E-state index is 0.651. The summed E-state index contributed by atoms with van der Waals surface area (Å²) in [5.74, 6) is 1.97. The van der Waals surface area contributed by atoms with Crippen LogP contribution in [0.15, 0.2) is 145 Å². The maximum absolute atomic E-state index is 4.93. The third-order valence-electron chi connectivity index (χ3n) is 8.31. The molecule has 0 fully saturated rings. The summed E-state index contributed by atoms with van der Waals surface area (Å²) < 4.78 is 3.67. The highest BCUT2D eigenvalue weighted by atomic mass is 32.1. The van der Waals surface area contributed by atoms with Gasteiger partial charge in [0.25, 0.3) is 0 Å². The number of nitrogens with zero attached hydrogens (tertiary/aromatic N) is 4. The van der Waals surface area contributed by atoms with Crippen LogP contribution < -0.4 is 0 Å². The largest absolute Gasteiger partial charge is 0.309 e. The summed E-state index contributed by atoms with van der Waals surface area (Å²) in [7, 11) is 0. The standard InChI is InChI=1S/C39H24N4S/c1-3-10-26(11-4-1)37-40-38(27-12-5-2-6-13-27)42-39(41-37)28-15-18-30(19-16-28)43-33-20-17-25-9-7-8-14-31(25)36(33)32-23-29-21-22-44-35(29)24-34(32)43/h1-24H. The van der Waals surface area contributed by atoms with E-state index in [2.05, 4.69) is 88.8 Å². The van der Waals surface area contributed by atoms with E-state index in [4.69, 9.17) is 15.0 Å². The predicted octanol–water partition coefficient (Wildman–Crippen LogP) is 10.3. The molecule has 5 heteroatoms. The molecule has 0 aliphatic carbocycles. The predicted molar refractivity (Wildman–Crippen MR) is 183 cm³/mol. The topological polar surface area (TPSA) is 43.6 Å². The van der Waals surface area contributed by atoms with E-state index >= 15 is 0 Å². The maximum Gasteiger partial charge on any atom is 0.164 e. The lowest BCUT2D eigenvalue weighted by atomic mass is 10.0. The molecule has 9 aromatic rings. The second kappa shape index (κ2) is 9.97. The van der Waals surface area contributed by atoms with Gasteiger partial charge in [0.05, 0.1) is 11.0 Å². The fraction of sp³-hybridized carbons (Fsp3) is 0. The average Bonchev–Trinajstić information content (AvgIpc) is 3.69. The van der Waals surface area contributed by atoms with Crippen LogP contribution in [0.4, 0.5) is 0 Å². The van der Waals surface area contributed by atoms with Crippen LogP contribution in [0.25, 0.3) is 82.5 Å². The summed E-state index contributed by atoms with van der Waals surface area (Å²) >= 11 is 1.78. The highest BCUT2D eigenvalue weighted by molar-refractivity contribution is 7.17. The van der Waals surface area contributed by atoms with Crippen LogP contribution in [0.5, 0.6) is 0 Å². The van der Waals surface area contributed by atoms with Crippen molar-refractivity contribution in [3.8, 4) is 39.9 Å². The molecule has 0 atom stereocenters. The maximum atomic E-state index is 4.93. The molecule has 6 aromatic carbocycles. The van der Waals surface area contributed by atoms with Gasteiger partial charge in [-0.25, -0.2) is 15.0 Å². The first kappa shape index (κ1) is 24.9. The van der Waals surface area contributed by atoms with E-state index in [1.807, 2.05) is 60.7 Å². The van der Waals surface area contributed by atoms with Gasteiger partial charge in [-0.1, -0.05) is 91.0 Å². The van der Waals surface area contributed by atoms with Crippen LogP contribution in [0.1, 0.15) is 0 Å². The molecular weight excluding hydrogens is 557 g/mol. The fourth-order valence-corrected chi connectivity index (χ4v) is 7.02. The molecule has 206 valence electrons. The Hall–Kier alpha value is -5.65. The van der Waals surface area contributed by atoms with E-state index in [1.54, 1.807) is 11.3 Å². The lowest BCUT2D eigenvalue weighted by Crippen LogP contribution is -2.00. The van der Waals surface area contributed by atoms with E-state index in [0.717, 1.165) is 22.4 Å². The van der Waals surface area contributed by atoms with Gasteiger partial charge in [0.1, 0.15) is 0 Å². The van der Waals surface area contributed by atoms with Gasteiger partial charge in [0.15, 0.2) is 17.5 Å². The van der Waals surface area contributed by atoms with Gasteiger partial charge < -0.3 is 4.57 Å². The molecule has 0 saturated heterocycles. The van der Waals surface area contributed by atoms with Crippen LogP contribution in [-0.4, -0.2) is 19.5 Å². The van der Waals surface area contributed by atoms with Crippen LogP contribution in [0.3, 0.4) is 0 Å². The molecule has 0 bridgehead atoms. The molecule has 0 aliphatic heterocycles. The second-order valence-corrected chi connectivity index (χ2v) is 11.9. The van der Waals surface area contributed by atoms with Crippen molar-refractivity contribution >= 4 is 54.0 Å². The third kappa shape index (κ3) is 4.02. The van der Waals surface area contributed by atoms with Crippen molar-refractivity contribution in [2.24, 2.45) is 0 Å². The minimum Gasteiger partial charge on any atom is -0.309 e. The molecule has 0 amide bonds. The van der Waals surface area contributed by atoms with Crippen molar-refractivity contribution in [3.63, 3.8) is 0 Å². The number of benzene rings is 6. The van der Waals surface area contributed by atoms with Crippen molar-refractivity contribution in [2.45, 2.75) is 0 Å². The summed E-state index contributed by atoms with van der Waals surface area (Å²) in [6.45, 7) is 0. The number of rotatable bonds is 4. The molecule has 0 N–H and O–H groups in total. The Morgan fingerprint density at radius 1 is 0.455 bits per heavy atom. The number of thiophene rings is 1. The van der Waals surface area contributed by atoms with E-state index < -0.39 is 0 Å². The van der Waals surface area contributed by atoms with Gasteiger partial charge in [-0.15, -0.1) is 11.3 Å². The van der Waals surface area contributed by atoms with Gasteiger partial charge in [-0.2, -0.15) is 0 Å². The summed E-state index contributed by atoms with van der Waals surface area (Å²) in [4.78, 5) is 14.7. The molecule has 9 rings (SSSR count). The Morgan fingerprint density at radius 2 is 1.07 bits per heavy atom. The monoisotopic (exact) mass is 580 g/mol. The second-order valence-electron chi connectivity index (χ2n) is 10.9. The smallest absolute Gasteiger partial charge is 0.164 e. The van der Waals surface area contributed by atoms with E-state index in [9.17, 15) is 0 Å². The SMILES string of the molecule is c1ccc(-c2nc(-c3ccccc3)nc(-c3ccc(-n4c5cc6sccc6cc5c5c6ccccc6ccc54)cc3)n2)cc1. The molecule has 0 aliphatic rings. The van der Waals surface area contributed by atoms with Crippen molar-refractivity contribution in [1.82, 2.24) is 19.5 Å². The Morgan fingerprint density at radius 3 is 1.75 bits per heavy atom. The first-order chi connectivity index (χ1) is 21.8. The zero-order chi connectivity index (χ0) is 29.0. The molecule has 0 spiro atoms. The van der Waals surface area contributed by atoms with Crippen molar-refractivity contribution in [1.29, 1.82) is 0 Å². The Labute approximate surface area is 257 Å². The Kier molecular flexibility index (Phi) is 5.64. The van der Waals surface area contributed by atoms with Crippen LogP contribution in [0, 0.1) is 0 Å². The van der Waals surface area contributed by atoms with Gasteiger partial charge in [0.2, 0.25) is 0 Å².